The van der Waals surface area contributed by atoms with Crippen molar-refractivity contribution < 1.29 is 4.79 Å². The van der Waals surface area contributed by atoms with Gasteiger partial charge in [-0.3, -0.25) is 9.36 Å². The lowest BCUT2D eigenvalue weighted by Crippen LogP contribution is -2.07. The molecule has 1 fully saturated rings. The monoisotopic (exact) mass is 406 g/mol. The molecule has 0 unspecified atom stereocenters. The van der Waals surface area contributed by atoms with Crippen molar-refractivity contribution in [1.29, 1.82) is 0 Å². The molecule has 0 saturated heterocycles. The van der Waals surface area contributed by atoms with Crippen molar-refractivity contribution in [3.05, 3.63) is 40.1 Å². The van der Waals surface area contributed by atoms with Gasteiger partial charge in [0.05, 0.1) is 5.69 Å². The first kappa shape index (κ1) is 17.4. The highest BCUT2D eigenvalue weighted by atomic mass is 35.5. The van der Waals surface area contributed by atoms with Crippen molar-refractivity contribution in [1.82, 2.24) is 24.4 Å². The second-order valence-electron chi connectivity index (χ2n) is 5.96. The summed E-state index contributed by atoms with van der Waals surface area (Å²) >= 11 is 8.79. The number of rotatable bonds is 6. The first-order chi connectivity index (χ1) is 12.6. The number of benzene rings is 1. The Bertz CT molecular complexity index is 952. The fourth-order valence-corrected chi connectivity index (χ4v) is 4.26. The summed E-state index contributed by atoms with van der Waals surface area (Å²) in [5.74, 6) is 1.86. The number of nitrogens with zero attached hydrogens (tertiary/aromatic N) is 5. The van der Waals surface area contributed by atoms with Crippen molar-refractivity contribution in [3.8, 4) is 5.69 Å². The number of carbonyl (C=O) groups excluding carboxylic acids is 1. The molecular formula is C16H15ClN6OS2. The molecule has 1 amide bonds. The molecular weight excluding hydrogens is 392 g/mol. The molecule has 1 aliphatic rings. The van der Waals surface area contributed by atoms with Crippen LogP contribution in [0.2, 0.25) is 4.34 Å². The highest BCUT2D eigenvalue weighted by Crippen LogP contribution is 2.41. The summed E-state index contributed by atoms with van der Waals surface area (Å²) in [6, 6.07) is 7.69. The molecule has 0 aliphatic heterocycles. The van der Waals surface area contributed by atoms with E-state index in [0.29, 0.717) is 16.0 Å². The van der Waals surface area contributed by atoms with Crippen molar-refractivity contribution >= 4 is 46.5 Å². The predicted octanol–water partition coefficient (Wildman–Crippen LogP) is 3.90. The van der Waals surface area contributed by atoms with E-state index >= 15 is 0 Å². The minimum absolute atomic E-state index is 0.103. The van der Waals surface area contributed by atoms with Crippen LogP contribution in [0.4, 0.5) is 5.69 Å². The zero-order valence-corrected chi connectivity index (χ0v) is 16.2. The van der Waals surface area contributed by atoms with Crippen LogP contribution >= 0.6 is 34.9 Å². The van der Waals surface area contributed by atoms with Gasteiger partial charge in [0.1, 0.15) is 15.9 Å². The molecule has 1 aromatic carbocycles. The van der Waals surface area contributed by atoms with E-state index in [2.05, 4.69) is 29.7 Å². The number of halogens is 1. The average Bonchev–Trinajstić information content (AvgIpc) is 3.24. The third kappa shape index (κ3) is 3.74. The number of thioether (sulfide) groups is 1. The number of hydrogen-bond acceptors (Lipinski definition) is 7. The predicted molar refractivity (Wildman–Crippen MR) is 102 cm³/mol. The molecule has 0 radical (unpaired) electrons. The van der Waals surface area contributed by atoms with Gasteiger partial charge in [0, 0.05) is 35.8 Å². The number of amides is 1. The van der Waals surface area contributed by atoms with Crippen LogP contribution in [0.5, 0.6) is 0 Å². The van der Waals surface area contributed by atoms with Crippen molar-refractivity contribution in [2.45, 2.75) is 36.6 Å². The van der Waals surface area contributed by atoms with E-state index in [9.17, 15) is 4.79 Å². The largest absolute Gasteiger partial charge is 0.326 e. The van der Waals surface area contributed by atoms with Gasteiger partial charge < -0.3 is 5.32 Å². The first-order valence-electron chi connectivity index (χ1n) is 8.04. The molecule has 2 heterocycles. The molecule has 1 aliphatic carbocycles. The second kappa shape index (κ2) is 7.34. The van der Waals surface area contributed by atoms with E-state index < -0.39 is 0 Å². The molecule has 3 aromatic rings. The molecule has 4 rings (SSSR count). The van der Waals surface area contributed by atoms with E-state index in [1.807, 2.05) is 24.3 Å². The van der Waals surface area contributed by atoms with Crippen LogP contribution in [-0.4, -0.2) is 30.3 Å². The van der Waals surface area contributed by atoms with Crippen LogP contribution in [-0.2, 0) is 10.5 Å². The van der Waals surface area contributed by atoms with Crippen molar-refractivity contribution in [2.75, 3.05) is 5.32 Å². The fraction of sp³-hybridized carbons (Fsp3) is 0.312. The van der Waals surface area contributed by atoms with Crippen LogP contribution in [0.3, 0.4) is 0 Å². The minimum atomic E-state index is -0.103. The van der Waals surface area contributed by atoms with Gasteiger partial charge >= 0.3 is 0 Å². The Morgan fingerprint density at radius 2 is 2.23 bits per heavy atom. The molecule has 0 bridgehead atoms. The standard InChI is InChI=1S/C16H15ClN6OS2/c1-9(24)18-11-3-2-4-12(7-11)23-15(10-5-6-10)20-21-16(23)25-8-13-14(17)26-22-19-13/h2-4,7,10H,5-6,8H2,1H3,(H,18,24). The maximum absolute atomic E-state index is 11.4. The minimum Gasteiger partial charge on any atom is -0.326 e. The summed E-state index contributed by atoms with van der Waals surface area (Å²) in [4.78, 5) is 11.4. The quantitative estimate of drug-likeness (QED) is 0.625. The lowest BCUT2D eigenvalue weighted by atomic mass is 10.2. The Morgan fingerprint density at radius 1 is 1.38 bits per heavy atom. The Kier molecular flexibility index (Phi) is 4.92. The number of hydrogen-bond donors (Lipinski definition) is 1. The summed E-state index contributed by atoms with van der Waals surface area (Å²) in [5, 5.41) is 16.4. The Morgan fingerprint density at radius 3 is 2.92 bits per heavy atom. The lowest BCUT2D eigenvalue weighted by Gasteiger charge is -2.11. The molecule has 0 atom stereocenters. The zero-order valence-electron chi connectivity index (χ0n) is 13.8. The zero-order chi connectivity index (χ0) is 18.1. The molecule has 1 saturated carbocycles. The fourth-order valence-electron chi connectivity index (χ4n) is 2.57. The molecule has 2 aromatic heterocycles. The van der Waals surface area contributed by atoms with Crippen LogP contribution in [0, 0.1) is 0 Å². The number of anilines is 1. The second-order valence-corrected chi connectivity index (χ2v) is 8.26. The number of carbonyl (C=O) groups is 1. The van der Waals surface area contributed by atoms with Gasteiger partial charge in [-0.05, 0) is 31.0 Å². The average molecular weight is 407 g/mol. The third-order valence-corrected chi connectivity index (χ3v) is 5.80. The van der Waals surface area contributed by atoms with Gasteiger partial charge in [-0.25, -0.2) is 0 Å². The van der Waals surface area contributed by atoms with E-state index in [4.69, 9.17) is 11.6 Å². The normalized spacial score (nSPS) is 13.8. The molecule has 10 heteroatoms. The van der Waals surface area contributed by atoms with Gasteiger partial charge in [0.2, 0.25) is 5.91 Å². The first-order valence-corrected chi connectivity index (χ1v) is 10.2. The van der Waals surface area contributed by atoms with E-state index in [1.165, 1.54) is 30.2 Å². The summed E-state index contributed by atoms with van der Waals surface area (Å²) in [6.45, 7) is 1.49. The van der Waals surface area contributed by atoms with Crippen LogP contribution < -0.4 is 5.32 Å². The van der Waals surface area contributed by atoms with Crippen molar-refractivity contribution in [3.63, 3.8) is 0 Å². The number of nitrogens with one attached hydrogen (secondary N) is 1. The lowest BCUT2D eigenvalue weighted by molar-refractivity contribution is -0.114. The third-order valence-electron chi connectivity index (χ3n) is 3.87. The van der Waals surface area contributed by atoms with Crippen LogP contribution in [0.1, 0.15) is 37.2 Å². The SMILES string of the molecule is CC(=O)Nc1cccc(-n2c(SCc3nnsc3Cl)nnc2C2CC2)c1. The molecule has 7 nitrogen and oxygen atoms in total. The van der Waals surface area contributed by atoms with Gasteiger partial charge in [0.25, 0.3) is 0 Å². The van der Waals surface area contributed by atoms with E-state index in [1.54, 1.807) is 0 Å². The maximum Gasteiger partial charge on any atom is 0.221 e. The van der Waals surface area contributed by atoms with Crippen LogP contribution in [0.15, 0.2) is 29.4 Å². The Balaban J connectivity index is 1.66. The summed E-state index contributed by atoms with van der Waals surface area (Å²) in [7, 11) is 0. The van der Waals surface area contributed by atoms with Gasteiger partial charge in [-0.1, -0.05) is 33.9 Å². The van der Waals surface area contributed by atoms with E-state index in [0.717, 1.165) is 40.9 Å². The highest BCUT2D eigenvalue weighted by Gasteiger charge is 2.31. The molecule has 1 N–H and O–H groups in total. The Labute approximate surface area is 163 Å². The Hall–Kier alpha value is -1.97. The number of aromatic nitrogens is 5. The maximum atomic E-state index is 11.4. The van der Waals surface area contributed by atoms with Gasteiger partial charge in [0.15, 0.2) is 5.16 Å². The van der Waals surface area contributed by atoms with Crippen LogP contribution in [0.25, 0.3) is 5.69 Å². The van der Waals surface area contributed by atoms with Crippen molar-refractivity contribution in [2.24, 2.45) is 0 Å². The molecule has 26 heavy (non-hydrogen) atoms. The highest BCUT2D eigenvalue weighted by molar-refractivity contribution is 7.98. The molecule has 134 valence electrons. The topological polar surface area (TPSA) is 85.6 Å². The smallest absolute Gasteiger partial charge is 0.221 e. The summed E-state index contributed by atoms with van der Waals surface area (Å²) in [6.07, 6.45) is 2.24. The molecule has 0 spiro atoms. The van der Waals surface area contributed by atoms with Gasteiger partial charge in [-0.15, -0.1) is 15.3 Å². The summed E-state index contributed by atoms with van der Waals surface area (Å²) in [5.41, 5.74) is 2.41. The van der Waals surface area contributed by atoms with E-state index in [-0.39, 0.29) is 5.91 Å². The van der Waals surface area contributed by atoms with Gasteiger partial charge in [-0.2, -0.15) is 0 Å². The summed E-state index contributed by atoms with van der Waals surface area (Å²) < 4.78 is 6.51.